The van der Waals surface area contributed by atoms with E-state index in [9.17, 15) is 18.0 Å². The topological polar surface area (TPSA) is 41.6 Å². The number of nitrogens with zero attached hydrogens (tertiary/aromatic N) is 1. The summed E-state index contributed by atoms with van der Waals surface area (Å²) in [6, 6.07) is 5.65. The molecule has 7 heteroatoms. The average molecular weight is 360 g/mol. The predicted molar refractivity (Wildman–Crippen MR) is 91.2 cm³/mol. The van der Waals surface area contributed by atoms with Crippen molar-refractivity contribution in [1.82, 2.24) is 10.2 Å². The van der Waals surface area contributed by atoms with Crippen LogP contribution in [0.25, 0.3) is 0 Å². The highest BCUT2D eigenvalue weighted by Crippen LogP contribution is 2.31. The number of carbonyl (C=O) groups is 1. The second kappa shape index (κ2) is 9.20. The Labute approximate surface area is 147 Å². The number of nitrogens with one attached hydrogen (secondary N) is 1. The zero-order valence-corrected chi connectivity index (χ0v) is 15.2. The van der Waals surface area contributed by atoms with Crippen LogP contribution in [0.1, 0.15) is 44.9 Å². The summed E-state index contributed by atoms with van der Waals surface area (Å²) in [5, 5.41) is 3.24. The molecule has 0 aliphatic carbocycles. The molecule has 0 spiro atoms. The van der Waals surface area contributed by atoms with Gasteiger partial charge in [-0.25, -0.2) is 0 Å². The minimum atomic E-state index is -4.26. The van der Waals surface area contributed by atoms with Crippen LogP contribution in [0.3, 0.4) is 0 Å². The van der Waals surface area contributed by atoms with E-state index >= 15 is 0 Å². The first-order valence-corrected chi connectivity index (χ1v) is 8.28. The number of alkyl halides is 3. The lowest BCUT2D eigenvalue weighted by Gasteiger charge is -2.33. The Bertz CT molecular complexity index is 536. The van der Waals surface area contributed by atoms with Crippen LogP contribution in [-0.4, -0.2) is 43.2 Å². The van der Waals surface area contributed by atoms with Gasteiger partial charge in [0.15, 0.2) is 0 Å². The zero-order valence-electron chi connectivity index (χ0n) is 15.2. The van der Waals surface area contributed by atoms with E-state index in [0.29, 0.717) is 6.47 Å². The van der Waals surface area contributed by atoms with Crippen molar-refractivity contribution in [3.8, 4) is 0 Å². The molecule has 142 valence electrons. The summed E-state index contributed by atoms with van der Waals surface area (Å²) in [5.41, 5.74) is -0.157. The Morgan fingerprint density at radius 2 is 1.80 bits per heavy atom. The minimum Gasteiger partial charge on any atom is -0.462 e. The van der Waals surface area contributed by atoms with E-state index in [-0.39, 0.29) is 11.6 Å². The normalized spacial score (nSPS) is 17.2. The van der Waals surface area contributed by atoms with Crippen LogP contribution in [0.15, 0.2) is 24.3 Å². The predicted octanol–water partition coefficient (Wildman–Crippen LogP) is 3.63. The van der Waals surface area contributed by atoms with E-state index in [2.05, 4.69) is 15.0 Å². The van der Waals surface area contributed by atoms with Crippen LogP contribution in [0.2, 0.25) is 0 Å². The van der Waals surface area contributed by atoms with Gasteiger partial charge in [0, 0.05) is 32.2 Å². The van der Waals surface area contributed by atoms with E-state index in [0.717, 1.165) is 37.8 Å². The molecule has 1 saturated heterocycles. The monoisotopic (exact) mass is 360 g/mol. The lowest BCUT2D eigenvalue weighted by molar-refractivity contribution is -0.139. The van der Waals surface area contributed by atoms with Crippen molar-refractivity contribution in [1.29, 1.82) is 0 Å². The van der Waals surface area contributed by atoms with Crippen LogP contribution in [-0.2, 0) is 15.7 Å². The molecule has 1 N–H and O–H groups in total. The van der Waals surface area contributed by atoms with Gasteiger partial charge in [-0.15, -0.1) is 0 Å². The molecule has 0 bridgehead atoms. The maximum Gasteiger partial charge on any atom is 0.416 e. The molecule has 4 nitrogen and oxygen atoms in total. The Morgan fingerprint density at radius 1 is 1.20 bits per heavy atom. The Morgan fingerprint density at radius 3 is 2.24 bits per heavy atom. The molecule has 1 aliphatic rings. The molecule has 0 saturated carbocycles. The van der Waals surface area contributed by atoms with Crippen molar-refractivity contribution in [2.24, 2.45) is 0 Å². The molecule has 25 heavy (non-hydrogen) atoms. The van der Waals surface area contributed by atoms with E-state index in [1.807, 2.05) is 27.7 Å². The summed E-state index contributed by atoms with van der Waals surface area (Å²) in [6.07, 6.45) is -4.26. The van der Waals surface area contributed by atoms with Crippen LogP contribution in [0.4, 0.5) is 13.2 Å². The molecule has 2 rings (SSSR count). The standard InChI is InChI=1S/C13H17F3N2.C5H10O2/c1-10(18-7-5-17-6-8-18)11-3-2-4-12(9-11)13(14,15)16;1-5(2,3)7-4-6/h2-4,9-10,17H,5-8H2,1H3;4H,1-3H3. The van der Waals surface area contributed by atoms with Crippen LogP contribution < -0.4 is 5.32 Å². The first-order valence-electron chi connectivity index (χ1n) is 8.28. The fourth-order valence-corrected chi connectivity index (χ4v) is 2.40. The number of halogens is 3. The van der Waals surface area contributed by atoms with E-state index in [4.69, 9.17) is 0 Å². The van der Waals surface area contributed by atoms with Crippen LogP contribution >= 0.6 is 0 Å². The first kappa shape index (κ1) is 21.4. The number of hydrogen-bond acceptors (Lipinski definition) is 4. The Kier molecular flexibility index (Phi) is 7.89. The van der Waals surface area contributed by atoms with Crippen molar-refractivity contribution in [2.75, 3.05) is 26.2 Å². The molecule has 0 amide bonds. The number of benzene rings is 1. The van der Waals surface area contributed by atoms with E-state index < -0.39 is 11.7 Å². The van der Waals surface area contributed by atoms with Gasteiger partial charge in [0.25, 0.3) is 6.47 Å². The Hall–Kier alpha value is -1.60. The van der Waals surface area contributed by atoms with Crippen molar-refractivity contribution in [3.05, 3.63) is 35.4 Å². The molecule has 1 fully saturated rings. The van der Waals surface area contributed by atoms with Crippen molar-refractivity contribution >= 4 is 6.47 Å². The summed E-state index contributed by atoms with van der Waals surface area (Å²) < 4.78 is 42.5. The van der Waals surface area contributed by atoms with Gasteiger partial charge in [0.2, 0.25) is 0 Å². The third kappa shape index (κ3) is 7.88. The fraction of sp³-hybridized carbons (Fsp3) is 0.611. The molecule has 0 radical (unpaired) electrons. The van der Waals surface area contributed by atoms with E-state index in [1.54, 1.807) is 6.07 Å². The molecular weight excluding hydrogens is 333 g/mol. The lowest BCUT2D eigenvalue weighted by atomic mass is 10.0. The number of hydrogen-bond donors (Lipinski definition) is 1. The van der Waals surface area contributed by atoms with Gasteiger partial charge >= 0.3 is 6.18 Å². The van der Waals surface area contributed by atoms with E-state index in [1.165, 1.54) is 12.1 Å². The van der Waals surface area contributed by atoms with Gasteiger partial charge in [0.1, 0.15) is 5.60 Å². The van der Waals surface area contributed by atoms with Crippen molar-refractivity contribution in [3.63, 3.8) is 0 Å². The highest BCUT2D eigenvalue weighted by Gasteiger charge is 2.31. The number of rotatable bonds is 3. The molecule has 1 aromatic carbocycles. The van der Waals surface area contributed by atoms with Crippen molar-refractivity contribution in [2.45, 2.75) is 45.5 Å². The SMILES string of the molecule is CC(C)(C)OC=O.CC(c1cccc(C(F)(F)F)c1)N1CCNCC1. The second-order valence-electron chi connectivity index (χ2n) is 6.91. The van der Waals surface area contributed by atoms with Gasteiger partial charge < -0.3 is 10.1 Å². The number of piperazine rings is 1. The van der Waals surface area contributed by atoms with Crippen molar-refractivity contribution < 1.29 is 22.7 Å². The van der Waals surface area contributed by atoms with Crippen LogP contribution in [0, 0.1) is 0 Å². The third-order valence-corrected chi connectivity index (χ3v) is 3.80. The molecule has 1 atom stereocenters. The quantitative estimate of drug-likeness (QED) is 0.836. The highest BCUT2D eigenvalue weighted by atomic mass is 19.4. The largest absolute Gasteiger partial charge is 0.462 e. The number of ether oxygens (including phenoxy) is 1. The summed E-state index contributed by atoms with van der Waals surface area (Å²) in [6.45, 7) is 11.4. The van der Waals surface area contributed by atoms with Gasteiger partial charge in [-0.05, 0) is 45.4 Å². The second-order valence-corrected chi connectivity index (χ2v) is 6.91. The summed E-state index contributed by atoms with van der Waals surface area (Å²) >= 11 is 0. The smallest absolute Gasteiger partial charge is 0.416 e. The molecule has 0 aromatic heterocycles. The molecular formula is C18H27F3N2O2. The highest BCUT2D eigenvalue weighted by molar-refractivity contribution is 5.37. The minimum absolute atomic E-state index is 0.0226. The number of carbonyl (C=O) groups excluding carboxylic acids is 1. The lowest BCUT2D eigenvalue weighted by Crippen LogP contribution is -2.44. The maximum absolute atomic E-state index is 12.6. The zero-order chi connectivity index (χ0) is 19.1. The third-order valence-electron chi connectivity index (χ3n) is 3.80. The van der Waals surface area contributed by atoms with Gasteiger partial charge in [-0.3, -0.25) is 9.69 Å². The summed E-state index contributed by atoms with van der Waals surface area (Å²) in [7, 11) is 0. The summed E-state index contributed by atoms with van der Waals surface area (Å²) in [5.74, 6) is 0. The van der Waals surface area contributed by atoms with Gasteiger partial charge in [-0.2, -0.15) is 13.2 Å². The Balaban J connectivity index is 0.000000381. The van der Waals surface area contributed by atoms with Gasteiger partial charge in [0.05, 0.1) is 5.56 Å². The fourth-order valence-electron chi connectivity index (χ4n) is 2.40. The van der Waals surface area contributed by atoms with Crippen LogP contribution in [0.5, 0.6) is 0 Å². The molecule has 1 aromatic rings. The molecule has 1 heterocycles. The molecule has 1 aliphatic heterocycles. The maximum atomic E-state index is 12.6. The molecule has 1 unspecified atom stereocenters. The summed E-state index contributed by atoms with van der Waals surface area (Å²) in [4.78, 5) is 11.8. The van der Waals surface area contributed by atoms with Gasteiger partial charge in [-0.1, -0.05) is 12.1 Å². The average Bonchev–Trinajstić information content (AvgIpc) is 2.54. The first-order chi connectivity index (χ1) is 11.5.